The number of sulfonamides is 1. The van der Waals surface area contributed by atoms with E-state index in [0.717, 1.165) is 16.5 Å². The molecule has 8 nitrogen and oxygen atoms in total. The Morgan fingerprint density at radius 3 is 2.49 bits per heavy atom. The van der Waals surface area contributed by atoms with Gasteiger partial charge in [0.25, 0.3) is 0 Å². The van der Waals surface area contributed by atoms with Crippen LogP contribution in [0.25, 0.3) is 22.3 Å². The first kappa shape index (κ1) is 23.6. The van der Waals surface area contributed by atoms with Crippen LogP contribution in [0.15, 0.2) is 64.1 Å². The van der Waals surface area contributed by atoms with Crippen LogP contribution in [0.3, 0.4) is 0 Å². The van der Waals surface area contributed by atoms with Gasteiger partial charge in [0.2, 0.25) is 21.7 Å². The third kappa shape index (κ3) is 4.84. The molecular weight excluding hydrogens is 462 g/mol. The van der Waals surface area contributed by atoms with Gasteiger partial charge in [-0.2, -0.15) is 9.29 Å². The topological polar surface area (TPSA) is 92.4 Å². The van der Waals surface area contributed by atoms with Crippen molar-refractivity contribution in [2.75, 3.05) is 26.2 Å². The van der Waals surface area contributed by atoms with E-state index < -0.39 is 10.0 Å². The minimum absolute atomic E-state index is 0.258. The molecule has 35 heavy (non-hydrogen) atoms. The molecular formula is C26H29N5O3S. The van der Waals surface area contributed by atoms with Gasteiger partial charge in [0.05, 0.1) is 12.1 Å². The van der Waals surface area contributed by atoms with Crippen LogP contribution < -0.4 is 0 Å². The maximum Gasteiger partial charge on any atom is 0.245 e. The monoisotopic (exact) mass is 491 g/mol. The Hall–Kier alpha value is -3.14. The molecule has 0 spiro atoms. The molecule has 1 aliphatic heterocycles. The van der Waals surface area contributed by atoms with Gasteiger partial charge in [-0.1, -0.05) is 55.4 Å². The lowest BCUT2D eigenvalue weighted by atomic mass is 10.0. The standard InChI is InChI=1S/C26H29N5O3S/c1-18(2)20-7-9-21(10-8-20)26-28-24(34-29-26)17-30-11-13-31(14-12-30)35(32,33)23-6-4-5-22-15-19(3)16-27-25(22)23/h4-10,15-16,18H,11-14,17H2,1-3H3. The summed E-state index contributed by atoms with van der Waals surface area (Å²) >= 11 is 0. The van der Waals surface area contributed by atoms with Crippen LogP contribution in [0.2, 0.25) is 0 Å². The van der Waals surface area contributed by atoms with Crippen molar-refractivity contribution in [1.82, 2.24) is 24.3 Å². The highest BCUT2D eigenvalue weighted by Gasteiger charge is 2.30. The highest BCUT2D eigenvalue weighted by Crippen LogP contribution is 2.26. The first-order valence-corrected chi connectivity index (χ1v) is 13.3. The van der Waals surface area contributed by atoms with Crippen LogP contribution in [-0.2, 0) is 16.6 Å². The normalized spacial score (nSPS) is 15.8. The van der Waals surface area contributed by atoms with Crippen molar-refractivity contribution in [3.05, 3.63) is 71.7 Å². The SMILES string of the molecule is Cc1cnc2c(S(=O)(=O)N3CCN(Cc4nc(-c5ccc(C(C)C)cc5)no4)CC3)cccc2c1. The number of fused-ring (bicyclic) bond motifs is 1. The minimum atomic E-state index is -3.65. The molecule has 182 valence electrons. The molecule has 0 N–H and O–H groups in total. The molecule has 1 saturated heterocycles. The average molecular weight is 492 g/mol. The molecule has 3 heterocycles. The summed E-state index contributed by atoms with van der Waals surface area (Å²) in [6.45, 7) is 8.69. The van der Waals surface area contributed by atoms with Crippen molar-refractivity contribution in [2.45, 2.75) is 38.1 Å². The molecule has 4 aromatic rings. The maximum absolute atomic E-state index is 13.4. The van der Waals surface area contributed by atoms with E-state index in [9.17, 15) is 8.42 Å². The predicted molar refractivity (Wildman–Crippen MR) is 134 cm³/mol. The van der Waals surface area contributed by atoms with Crippen molar-refractivity contribution in [1.29, 1.82) is 0 Å². The van der Waals surface area contributed by atoms with Crippen LogP contribution in [0.4, 0.5) is 0 Å². The van der Waals surface area contributed by atoms with Gasteiger partial charge in [-0.25, -0.2) is 8.42 Å². The fraction of sp³-hybridized carbons (Fsp3) is 0.346. The summed E-state index contributed by atoms with van der Waals surface area (Å²) in [5.41, 5.74) is 3.69. The molecule has 0 atom stereocenters. The smallest absolute Gasteiger partial charge is 0.245 e. The third-order valence-electron chi connectivity index (χ3n) is 6.42. The van der Waals surface area contributed by atoms with E-state index in [2.05, 4.69) is 46.0 Å². The lowest BCUT2D eigenvalue weighted by molar-refractivity contribution is 0.163. The molecule has 0 bridgehead atoms. The van der Waals surface area contributed by atoms with Gasteiger partial charge >= 0.3 is 0 Å². The summed E-state index contributed by atoms with van der Waals surface area (Å²) in [5.74, 6) is 1.56. The Morgan fingerprint density at radius 2 is 1.77 bits per heavy atom. The lowest BCUT2D eigenvalue weighted by Gasteiger charge is -2.33. The van der Waals surface area contributed by atoms with Gasteiger partial charge in [-0.3, -0.25) is 9.88 Å². The van der Waals surface area contributed by atoms with Crippen molar-refractivity contribution < 1.29 is 12.9 Å². The zero-order valence-electron chi connectivity index (χ0n) is 20.2. The first-order valence-electron chi connectivity index (χ1n) is 11.8. The lowest BCUT2D eigenvalue weighted by Crippen LogP contribution is -2.48. The Labute approximate surface area is 205 Å². The number of para-hydroxylation sites is 1. The minimum Gasteiger partial charge on any atom is -0.338 e. The summed E-state index contributed by atoms with van der Waals surface area (Å²) in [6.07, 6.45) is 1.70. The fourth-order valence-electron chi connectivity index (χ4n) is 4.36. The summed E-state index contributed by atoms with van der Waals surface area (Å²) in [5, 5.41) is 4.96. The zero-order chi connectivity index (χ0) is 24.6. The Kier molecular flexibility index (Phi) is 6.39. The van der Waals surface area contributed by atoms with E-state index in [4.69, 9.17) is 4.52 Å². The first-order chi connectivity index (χ1) is 16.8. The molecule has 1 aliphatic rings. The quantitative estimate of drug-likeness (QED) is 0.399. The Morgan fingerprint density at radius 1 is 1.03 bits per heavy atom. The van der Waals surface area contributed by atoms with Gasteiger partial charge in [-0.05, 0) is 36.1 Å². The number of rotatable bonds is 6. The maximum atomic E-state index is 13.4. The van der Waals surface area contributed by atoms with E-state index in [1.54, 1.807) is 18.3 Å². The van der Waals surface area contributed by atoms with E-state index in [1.165, 1.54) is 9.87 Å². The summed E-state index contributed by atoms with van der Waals surface area (Å²) in [4.78, 5) is 11.3. The number of pyridine rings is 1. The molecule has 2 aromatic carbocycles. The summed E-state index contributed by atoms with van der Waals surface area (Å²) in [7, 11) is -3.65. The van der Waals surface area contributed by atoms with Crippen LogP contribution in [0.1, 0.15) is 36.8 Å². The van der Waals surface area contributed by atoms with Crippen LogP contribution in [-0.4, -0.2) is 58.9 Å². The van der Waals surface area contributed by atoms with Crippen molar-refractivity contribution >= 4 is 20.9 Å². The molecule has 0 saturated carbocycles. The summed E-state index contributed by atoms with van der Waals surface area (Å²) in [6, 6.07) is 15.5. The number of aryl methyl sites for hydroxylation is 1. The highest BCUT2D eigenvalue weighted by molar-refractivity contribution is 7.89. The van der Waals surface area contributed by atoms with Gasteiger partial charge in [-0.15, -0.1) is 0 Å². The highest BCUT2D eigenvalue weighted by atomic mass is 32.2. The molecule has 0 radical (unpaired) electrons. The molecule has 2 aromatic heterocycles. The molecule has 0 unspecified atom stereocenters. The van der Waals surface area contributed by atoms with E-state index in [1.807, 2.05) is 31.2 Å². The number of hydrogen-bond acceptors (Lipinski definition) is 7. The van der Waals surface area contributed by atoms with Gasteiger partial charge in [0.15, 0.2) is 0 Å². The predicted octanol–water partition coefficient (Wildman–Crippen LogP) is 4.22. The van der Waals surface area contributed by atoms with E-state index in [0.29, 0.717) is 55.9 Å². The van der Waals surface area contributed by atoms with E-state index in [-0.39, 0.29) is 4.90 Å². The van der Waals surface area contributed by atoms with Crippen molar-refractivity contribution in [2.24, 2.45) is 0 Å². The van der Waals surface area contributed by atoms with Crippen molar-refractivity contribution in [3.63, 3.8) is 0 Å². The Balaban J connectivity index is 1.24. The molecule has 1 fully saturated rings. The van der Waals surface area contributed by atoms with Crippen molar-refractivity contribution in [3.8, 4) is 11.4 Å². The van der Waals surface area contributed by atoms with Gasteiger partial charge in [0, 0.05) is 43.3 Å². The molecule has 0 amide bonds. The number of hydrogen-bond donors (Lipinski definition) is 0. The van der Waals surface area contributed by atoms with Crippen LogP contribution in [0.5, 0.6) is 0 Å². The number of benzene rings is 2. The Bertz CT molecular complexity index is 1440. The second-order valence-electron chi connectivity index (χ2n) is 9.31. The fourth-order valence-corrected chi connectivity index (χ4v) is 5.95. The second-order valence-corrected chi connectivity index (χ2v) is 11.2. The third-order valence-corrected chi connectivity index (χ3v) is 8.35. The zero-order valence-corrected chi connectivity index (χ0v) is 21.0. The number of nitrogens with zero attached hydrogens (tertiary/aromatic N) is 5. The van der Waals surface area contributed by atoms with Gasteiger partial charge < -0.3 is 4.52 Å². The summed E-state index contributed by atoms with van der Waals surface area (Å²) < 4.78 is 33.8. The van der Waals surface area contributed by atoms with Crippen LogP contribution >= 0.6 is 0 Å². The molecule has 9 heteroatoms. The largest absolute Gasteiger partial charge is 0.338 e. The molecule has 0 aliphatic carbocycles. The average Bonchev–Trinajstić information content (AvgIpc) is 3.32. The second kappa shape index (κ2) is 9.49. The van der Waals surface area contributed by atoms with E-state index >= 15 is 0 Å². The number of piperazine rings is 1. The molecule has 5 rings (SSSR count). The van der Waals surface area contributed by atoms with Crippen LogP contribution in [0, 0.1) is 6.92 Å². The number of aromatic nitrogens is 3. The van der Waals surface area contributed by atoms with Gasteiger partial charge in [0.1, 0.15) is 4.90 Å².